The summed E-state index contributed by atoms with van der Waals surface area (Å²) in [4.78, 5) is 60.9. The van der Waals surface area contributed by atoms with E-state index in [1.54, 1.807) is 0 Å². The van der Waals surface area contributed by atoms with Crippen LogP contribution in [0.1, 0.15) is 25.1 Å². The molecule has 50 heavy (non-hydrogen) atoms. The van der Waals surface area contributed by atoms with E-state index in [1.165, 1.54) is 31.0 Å². The topological polar surface area (TPSA) is 262 Å². The lowest BCUT2D eigenvalue weighted by Gasteiger charge is -2.50. The zero-order valence-electron chi connectivity index (χ0n) is 26.5. The Labute approximate surface area is 291 Å². The fraction of sp³-hybridized carbons (Fsp3) is 0.267. The van der Waals surface area contributed by atoms with E-state index < -0.39 is 46.5 Å². The number of guanidine groups is 1. The van der Waals surface area contributed by atoms with Crippen molar-refractivity contribution in [1.29, 1.82) is 5.41 Å². The Morgan fingerprint density at radius 1 is 1.24 bits per heavy atom. The zero-order valence-corrected chi connectivity index (χ0v) is 28.2. The van der Waals surface area contributed by atoms with Gasteiger partial charge in [-0.3, -0.25) is 19.9 Å². The van der Waals surface area contributed by atoms with E-state index in [4.69, 9.17) is 21.7 Å². The van der Waals surface area contributed by atoms with Gasteiger partial charge in [-0.2, -0.15) is 0 Å². The molecule has 2 atom stereocenters. The molecule has 0 unspecified atom stereocenters. The summed E-state index contributed by atoms with van der Waals surface area (Å²) < 4.78 is 5.69. The van der Waals surface area contributed by atoms with Crippen LogP contribution in [0.25, 0.3) is 5.65 Å². The minimum absolute atomic E-state index is 0.00737. The second-order valence-corrected chi connectivity index (χ2v) is 13.8. The van der Waals surface area contributed by atoms with Crippen LogP contribution < -0.4 is 31.9 Å². The highest BCUT2D eigenvalue weighted by molar-refractivity contribution is 8.00. The van der Waals surface area contributed by atoms with Gasteiger partial charge in [-0.1, -0.05) is 17.3 Å². The molecule has 0 aliphatic carbocycles. The van der Waals surface area contributed by atoms with Crippen molar-refractivity contribution < 1.29 is 38.9 Å². The summed E-state index contributed by atoms with van der Waals surface area (Å²) in [5.41, 5.74) is 11.7. The highest BCUT2D eigenvalue weighted by atomic mass is 32.2. The highest BCUT2D eigenvalue weighted by Crippen LogP contribution is 2.40. The summed E-state index contributed by atoms with van der Waals surface area (Å²) in [5, 5.41) is 39.0. The van der Waals surface area contributed by atoms with Crippen molar-refractivity contribution in [2.45, 2.75) is 44.0 Å². The summed E-state index contributed by atoms with van der Waals surface area (Å²) in [6.07, 6.45) is 5.55. The van der Waals surface area contributed by atoms with Gasteiger partial charge >= 0.3 is 5.97 Å². The summed E-state index contributed by atoms with van der Waals surface area (Å²) >= 11 is 2.29. The predicted molar refractivity (Wildman–Crippen MR) is 180 cm³/mol. The molecule has 1 saturated heterocycles. The van der Waals surface area contributed by atoms with Gasteiger partial charge in [-0.15, -0.1) is 32.3 Å². The van der Waals surface area contributed by atoms with Gasteiger partial charge in [0.1, 0.15) is 17.1 Å². The number of hydrogen-bond acceptors (Lipinski definition) is 12. The number of nitrogens with zero attached hydrogens (tertiary/aromatic N) is 6. The third kappa shape index (κ3) is 6.57. The molecule has 1 fully saturated rings. The number of thioether (sulfide) groups is 1. The molecule has 0 spiro atoms. The predicted octanol–water partition coefficient (Wildman–Crippen LogP) is -0.891. The summed E-state index contributed by atoms with van der Waals surface area (Å²) in [6, 6.07) is 8.26. The number of nitrogens with one attached hydrogen (secondary N) is 3. The molecule has 18 nitrogen and oxygen atoms in total. The second kappa shape index (κ2) is 13.2. The minimum atomic E-state index is -1.78. The molecule has 0 radical (unpaired) electrons. The summed E-state index contributed by atoms with van der Waals surface area (Å²) in [7, 11) is 0. The largest absolute Gasteiger partial charge is 0.543 e. The molecule has 2 amide bonds. The van der Waals surface area contributed by atoms with Crippen molar-refractivity contribution in [3.8, 4) is 0 Å². The molecule has 20 heteroatoms. The first kappa shape index (κ1) is 34.0. The van der Waals surface area contributed by atoms with Crippen molar-refractivity contribution in [2.75, 3.05) is 16.8 Å². The van der Waals surface area contributed by atoms with Crippen LogP contribution in [0.15, 0.2) is 70.7 Å². The van der Waals surface area contributed by atoms with Gasteiger partial charge in [0.05, 0.1) is 23.9 Å². The number of aliphatic carboxylic acids is 2. The van der Waals surface area contributed by atoms with Crippen LogP contribution in [0.4, 0.5) is 10.8 Å². The Hall–Kier alpha value is -5.89. The standard InChI is InChI=1S/C30H31N11O7S2/c1-30(2,27(46)47)48-37-20(18-14-50-29(33)35-18)23(42)36-21-24(43)41-22(26(44)45)16(13-49-25(21)41)12-39-8-7-19-38(9-10-40(19)39)11-15-3-5-17(6-4-15)34-28(31)32/h3-10,14,21,25H,11-13H2,1-2H3,(H8-,31,32,33,34,35,36,42,44,45,46,47)/b37-20-/t21-,25-/m1/s1. The van der Waals surface area contributed by atoms with E-state index in [2.05, 4.69) is 20.8 Å². The number of thiazole rings is 1. The maximum atomic E-state index is 13.4. The van der Waals surface area contributed by atoms with Gasteiger partial charge in [-0.05, 0) is 31.5 Å². The lowest BCUT2D eigenvalue weighted by Crippen LogP contribution is -2.71. The first-order valence-corrected chi connectivity index (χ1v) is 16.8. The number of carboxylic acids is 2. The molecule has 2 aliphatic rings. The molecule has 1 aromatic carbocycles. The number of hydrogen-bond donors (Lipinski definition) is 6. The van der Waals surface area contributed by atoms with Crippen molar-refractivity contribution in [2.24, 2.45) is 10.9 Å². The van der Waals surface area contributed by atoms with E-state index in [0.717, 1.165) is 27.4 Å². The quantitative estimate of drug-likeness (QED) is 0.0342. The number of β-lactam (4-membered cyclic amide) rings is 1. The monoisotopic (exact) mass is 721 g/mol. The number of nitrogen functional groups attached to an aromatic ring is 1. The summed E-state index contributed by atoms with van der Waals surface area (Å²) in [6.45, 7) is 3.18. The second-order valence-electron chi connectivity index (χ2n) is 11.8. The van der Waals surface area contributed by atoms with Crippen LogP contribution in [0.3, 0.4) is 0 Å². The molecular formula is C30H31N11O7S2. The number of benzene rings is 1. The number of aromatic nitrogens is 4. The number of nitrogens with two attached hydrogens (primary N) is 2. The van der Waals surface area contributed by atoms with Gasteiger partial charge < -0.3 is 46.5 Å². The Morgan fingerprint density at radius 3 is 2.62 bits per heavy atom. The number of fused-ring (bicyclic) bond motifs is 2. The van der Waals surface area contributed by atoms with E-state index in [9.17, 15) is 29.4 Å². The van der Waals surface area contributed by atoms with Gasteiger partial charge in [0.25, 0.3) is 11.8 Å². The molecule has 260 valence electrons. The Morgan fingerprint density at radius 2 is 1.98 bits per heavy atom. The van der Waals surface area contributed by atoms with Gasteiger partial charge in [-0.25, -0.2) is 9.78 Å². The van der Waals surface area contributed by atoms with Crippen LogP contribution in [0.5, 0.6) is 0 Å². The molecule has 6 rings (SSSR count). The minimum Gasteiger partial charge on any atom is -0.543 e. The number of carbonyl (C=O) groups is 4. The van der Waals surface area contributed by atoms with Crippen molar-refractivity contribution in [3.63, 3.8) is 0 Å². The zero-order chi connectivity index (χ0) is 35.9. The molecule has 4 aromatic rings. The number of carbonyl (C=O) groups excluding carboxylic acids is 3. The molecule has 8 N–H and O–H groups in total. The molecular weight excluding hydrogens is 691 g/mol. The average Bonchev–Trinajstić information content (AvgIpc) is 3.78. The Balaban J connectivity index is 1.18. The number of imidazole rings is 1. The smallest absolute Gasteiger partial charge is 0.350 e. The third-order valence-electron chi connectivity index (χ3n) is 7.91. The lowest BCUT2D eigenvalue weighted by molar-refractivity contribution is -0.753. The van der Waals surface area contributed by atoms with E-state index in [-0.39, 0.29) is 34.8 Å². The van der Waals surface area contributed by atoms with Gasteiger partial charge in [0.2, 0.25) is 5.60 Å². The van der Waals surface area contributed by atoms with Crippen molar-refractivity contribution in [1.82, 2.24) is 24.3 Å². The molecule has 3 aromatic heterocycles. The number of rotatable bonds is 12. The number of oxime groups is 1. The maximum Gasteiger partial charge on any atom is 0.350 e. The van der Waals surface area contributed by atoms with Gasteiger partial charge in [0, 0.05) is 35.1 Å². The third-order valence-corrected chi connectivity index (χ3v) is 9.93. The van der Waals surface area contributed by atoms with E-state index >= 15 is 0 Å². The van der Waals surface area contributed by atoms with Crippen molar-refractivity contribution in [3.05, 3.63) is 76.8 Å². The van der Waals surface area contributed by atoms with Crippen LogP contribution >= 0.6 is 23.1 Å². The normalized spacial score (nSPS) is 17.7. The molecule has 2 aliphatic heterocycles. The van der Waals surface area contributed by atoms with Gasteiger partial charge in [0.15, 0.2) is 35.2 Å². The van der Waals surface area contributed by atoms with Crippen molar-refractivity contribution >= 4 is 75.0 Å². The van der Waals surface area contributed by atoms with E-state index in [1.807, 2.05) is 62.7 Å². The number of anilines is 2. The van der Waals surface area contributed by atoms with Crippen LogP contribution in [0, 0.1) is 5.41 Å². The van der Waals surface area contributed by atoms with Crippen LogP contribution in [-0.2, 0) is 37.1 Å². The van der Waals surface area contributed by atoms with Crippen LogP contribution in [-0.4, -0.2) is 82.3 Å². The highest BCUT2D eigenvalue weighted by Gasteiger charge is 2.53. The van der Waals surface area contributed by atoms with E-state index in [0.29, 0.717) is 17.8 Å². The first-order chi connectivity index (χ1) is 23.7. The number of amides is 2. The van der Waals surface area contributed by atoms with Crippen LogP contribution in [0.2, 0.25) is 0 Å². The number of carboxylic acid groups (broad SMARTS) is 2. The maximum absolute atomic E-state index is 13.4. The Kier molecular flexibility index (Phi) is 8.97. The average molecular weight is 722 g/mol. The summed E-state index contributed by atoms with van der Waals surface area (Å²) in [5.74, 6) is -4.34. The lowest BCUT2D eigenvalue weighted by atomic mass is 10.0. The molecule has 5 heterocycles. The molecule has 0 bridgehead atoms. The SMILES string of the molecule is CC(C)(O/N=C(\C(=O)N[C@@H]1C(=O)N2C(C(=O)[O-])=C(C[n+]3ccc4n(Cc5ccc(NC(=N)N)cc5)ccn43)CS[C@H]12)c1csc(N)n1)C(=O)O. The fourth-order valence-electron chi connectivity index (χ4n) is 5.35. The Bertz CT molecular complexity index is 2100. The first-order valence-electron chi connectivity index (χ1n) is 14.9. The fourth-order valence-corrected chi connectivity index (χ4v) is 7.23. The molecule has 0 saturated carbocycles.